The average molecular weight is 376 g/mol. The molecule has 1 aromatic heterocycles. The third-order valence-electron chi connectivity index (χ3n) is 5.75. The lowest BCUT2D eigenvalue weighted by Gasteiger charge is -2.25. The zero-order valence-corrected chi connectivity index (χ0v) is 16.7. The molecule has 0 radical (unpaired) electrons. The molecule has 146 valence electrons. The fourth-order valence-electron chi connectivity index (χ4n) is 4.09. The number of nitrogens with zero attached hydrogens (tertiary/aromatic N) is 2. The Morgan fingerprint density at radius 1 is 1.00 bits per heavy atom. The highest BCUT2D eigenvalue weighted by atomic mass is 16.2. The summed E-state index contributed by atoms with van der Waals surface area (Å²) in [4.78, 5) is 20.7. The molecule has 0 spiro atoms. The molecule has 0 saturated carbocycles. The van der Waals surface area contributed by atoms with Gasteiger partial charge in [-0.2, -0.15) is 0 Å². The molecule has 4 heteroatoms. The molecule has 1 aliphatic rings. The van der Waals surface area contributed by atoms with Gasteiger partial charge in [-0.15, -0.1) is 0 Å². The molecule has 4 rings (SSSR count). The first-order valence-corrected chi connectivity index (χ1v) is 9.79. The van der Waals surface area contributed by atoms with Gasteiger partial charge in [0.1, 0.15) is 5.69 Å². The van der Waals surface area contributed by atoms with Crippen LogP contribution in [0, 0.1) is 6.92 Å². The summed E-state index contributed by atoms with van der Waals surface area (Å²) in [6, 6.07) is 23.0. The number of nitrogens with one attached hydrogen (secondary N) is 1. The maximum Gasteiger partial charge on any atom is 0.270 e. The Morgan fingerprint density at radius 3 is 2.39 bits per heavy atom. The molecular weight excluding hydrogens is 346 g/mol. The van der Waals surface area contributed by atoms with E-state index in [-0.39, 0.29) is 7.33 Å². The van der Waals surface area contributed by atoms with Crippen molar-refractivity contribution in [3.8, 4) is 11.3 Å². The largest absolute Gasteiger partial charge is 0.351 e. The average Bonchev–Trinajstić information content (AvgIpc) is 3.37. The van der Waals surface area contributed by atoms with E-state index in [9.17, 15) is 4.79 Å². The third kappa shape index (κ3) is 3.60. The number of carbonyl (C=O) groups excluding carboxylic acids is 1. The summed E-state index contributed by atoms with van der Waals surface area (Å²) in [7, 11) is 4.20. The first-order chi connectivity index (χ1) is 13.5. The molecule has 28 heavy (non-hydrogen) atoms. The zero-order valence-electron chi connectivity index (χ0n) is 16.7. The molecule has 1 N–H and O–H groups in total. The van der Waals surface area contributed by atoms with E-state index in [1.54, 1.807) is 0 Å². The first kappa shape index (κ1) is 18.5. The molecule has 3 aromatic rings. The molecule has 0 bridgehead atoms. The van der Waals surface area contributed by atoms with Gasteiger partial charge in [-0.25, -0.2) is 0 Å². The number of rotatable bonds is 4. The minimum atomic E-state index is 0. The SMILES string of the molecule is Cc1ccc([C@H]2CN(C(=O)c3ccc(-c4ccccc4)[nH]3)C[C@@H]2N(C)C)cc1.[HH]. The van der Waals surface area contributed by atoms with Gasteiger partial charge >= 0.3 is 0 Å². The van der Waals surface area contributed by atoms with E-state index in [1.165, 1.54) is 11.1 Å². The van der Waals surface area contributed by atoms with Crippen molar-refractivity contribution in [2.75, 3.05) is 27.2 Å². The highest BCUT2D eigenvalue weighted by Crippen LogP contribution is 2.31. The highest BCUT2D eigenvalue weighted by Gasteiger charge is 2.37. The molecular formula is C24H29N3O. The van der Waals surface area contributed by atoms with Crippen LogP contribution in [-0.2, 0) is 0 Å². The fourth-order valence-corrected chi connectivity index (χ4v) is 4.09. The van der Waals surface area contributed by atoms with Crippen molar-refractivity contribution in [2.45, 2.75) is 18.9 Å². The van der Waals surface area contributed by atoms with Crippen LogP contribution in [0.2, 0.25) is 0 Å². The number of likely N-dealkylation sites (tertiary alicyclic amines) is 1. The number of hydrogen-bond acceptors (Lipinski definition) is 2. The summed E-state index contributed by atoms with van der Waals surface area (Å²) < 4.78 is 0. The molecule has 1 amide bonds. The van der Waals surface area contributed by atoms with Crippen LogP contribution in [0.1, 0.15) is 29.0 Å². The van der Waals surface area contributed by atoms with Gasteiger partial charge in [0.15, 0.2) is 0 Å². The minimum Gasteiger partial charge on any atom is -0.351 e. The number of aromatic nitrogens is 1. The lowest BCUT2D eigenvalue weighted by molar-refractivity contribution is 0.0777. The van der Waals surface area contributed by atoms with Gasteiger partial charge in [-0.3, -0.25) is 4.79 Å². The number of hydrogen-bond donors (Lipinski definition) is 1. The van der Waals surface area contributed by atoms with E-state index in [2.05, 4.69) is 55.2 Å². The van der Waals surface area contributed by atoms with Crippen molar-refractivity contribution < 1.29 is 6.22 Å². The number of aryl methyl sites for hydroxylation is 1. The summed E-state index contributed by atoms with van der Waals surface area (Å²) in [5.41, 5.74) is 5.28. The van der Waals surface area contributed by atoms with Crippen LogP contribution < -0.4 is 0 Å². The Morgan fingerprint density at radius 2 is 1.71 bits per heavy atom. The van der Waals surface area contributed by atoms with Crippen molar-refractivity contribution in [3.05, 3.63) is 83.6 Å². The van der Waals surface area contributed by atoms with Crippen molar-refractivity contribution in [1.29, 1.82) is 0 Å². The molecule has 0 aliphatic carbocycles. The summed E-state index contributed by atoms with van der Waals surface area (Å²) in [6.07, 6.45) is 0. The normalized spacial score (nSPS) is 19.4. The Hall–Kier alpha value is -2.85. The maximum atomic E-state index is 13.2. The topological polar surface area (TPSA) is 39.3 Å². The second kappa shape index (κ2) is 7.64. The van der Waals surface area contributed by atoms with Crippen molar-refractivity contribution in [1.82, 2.24) is 14.8 Å². The quantitative estimate of drug-likeness (QED) is 0.734. The van der Waals surface area contributed by atoms with E-state index in [0.717, 1.165) is 24.3 Å². The van der Waals surface area contributed by atoms with E-state index in [0.29, 0.717) is 17.7 Å². The lowest BCUT2D eigenvalue weighted by atomic mass is 9.93. The van der Waals surface area contributed by atoms with Crippen LogP contribution in [0.25, 0.3) is 11.3 Å². The minimum absolute atomic E-state index is 0. The monoisotopic (exact) mass is 375 g/mol. The second-order valence-electron chi connectivity index (χ2n) is 7.91. The van der Waals surface area contributed by atoms with Crippen molar-refractivity contribution in [2.24, 2.45) is 0 Å². The van der Waals surface area contributed by atoms with Gasteiger partial charge in [0.05, 0.1) is 0 Å². The molecule has 4 nitrogen and oxygen atoms in total. The molecule has 1 saturated heterocycles. The van der Waals surface area contributed by atoms with Gasteiger partial charge < -0.3 is 14.8 Å². The van der Waals surface area contributed by atoms with E-state index in [4.69, 9.17) is 0 Å². The Kier molecular flexibility index (Phi) is 5.05. The summed E-state index contributed by atoms with van der Waals surface area (Å²) in [5.74, 6) is 0.395. The Balaban J connectivity index is 0.00000240. The number of aromatic amines is 1. The third-order valence-corrected chi connectivity index (χ3v) is 5.75. The zero-order chi connectivity index (χ0) is 19.7. The van der Waals surface area contributed by atoms with Gasteiger partial charge in [0.25, 0.3) is 5.91 Å². The lowest BCUT2D eigenvalue weighted by Crippen LogP contribution is -2.35. The molecule has 2 heterocycles. The van der Waals surface area contributed by atoms with E-state index in [1.807, 2.05) is 47.4 Å². The first-order valence-electron chi connectivity index (χ1n) is 9.79. The number of likely N-dealkylation sites (N-methyl/N-ethyl adjacent to an activating group) is 1. The van der Waals surface area contributed by atoms with Crippen molar-refractivity contribution in [3.63, 3.8) is 0 Å². The van der Waals surface area contributed by atoms with Gasteiger partial charge in [0.2, 0.25) is 0 Å². The van der Waals surface area contributed by atoms with Crippen LogP contribution in [0.4, 0.5) is 0 Å². The number of benzene rings is 2. The molecule has 1 fully saturated rings. The van der Waals surface area contributed by atoms with Crippen LogP contribution in [-0.4, -0.2) is 53.9 Å². The number of amides is 1. The molecule has 0 unspecified atom stereocenters. The fraction of sp³-hybridized carbons (Fsp3) is 0.292. The van der Waals surface area contributed by atoms with E-state index < -0.39 is 0 Å². The standard InChI is InChI=1S/C24H27N3O.H2/c1-17-9-11-18(12-10-17)20-15-27(16-23(20)26(2)3)24(28)22-14-13-21(25-22)19-7-5-4-6-8-19;/h4-14,20,23,25H,15-16H2,1-3H3;1H/t20-,23+;/m1./s1. The van der Waals surface area contributed by atoms with Crippen molar-refractivity contribution >= 4 is 5.91 Å². The summed E-state index contributed by atoms with van der Waals surface area (Å²) >= 11 is 0. The van der Waals surface area contributed by atoms with Gasteiger partial charge in [-0.1, -0.05) is 60.2 Å². The van der Waals surface area contributed by atoms with Gasteiger partial charge in [-0.05, 0) is 44.3 Å². The van der Waals surface area contributed by atoms with E-state index >= 15 is 0 Å². The van der Waals surface area contributed by atoms with Crippen LogP contribution in [0.15, 0.2) is 66.7 Å². The summed E-state index contributed by atoms with van der Waals surface area (Å²) in [6.45, 7) is 3.59. The maximum absolute atomic E-state index is 13.2. The molecule has 2 atom stereocenters. The van der Waals surface area contributed by atoms with Crippen LogP contribution in [0.5, 0.6) is 0 Å². The van der Waals surface area contributed by atoms with Crippen LogP contribution in [0.3, 0.4) is 0 Å². The highest BCUT2D eigenvalue weighted by molar-refractivity contribution is 5.93. The molecule has 2 aromatic carbocycles. The predicted octanol–water partition coefficient (Wildman–Crippen LogP) is 4.41. The number of carbonyl (C=O) groups is 1. The number of H-pyrrole nitrogens is 1. The Bertz CT molecular complexity index is 950. The second-order valence-corrected chi connectivity index (χ2v) is 7.91. The Labute approximate surface area is 168 Å². The smallest absolute Gasteiger partial charge is 0.270 e. The summed E-state index contributed by atoms with van der Waals surface area (Å²) in [5, 5.41) is 0. The molecule has 1 aliphatic heterocycles. The predicted molar refractivity (Wildman–Crippen MR) is 116 cm³/mol. The van der Waals surface area contributed by atoms with Gasteiger partial charge in [0, 0.05) is 32.2 Å². The van der Waals surface area contributed by atoms with Crippen LogP contribution >= 0.6 is 0 Å².